The van der Waals surface area contributed by atoms with E-state index >= 15 is 0 Å². The Labute approximate surface area is 171 Å². The number of thiophene rings is 1. The van der Waals surface area contributed by atoms with Gasteiger partial charge in [0, 0.05) is 34.3 Å². The average Bonchev–Trinajstić information content (AvgIpc) is 3.28. The SMILES string of the molecule is Cc1ccc(C(C)(C)N2CCC(CCc3ccc(F)s3)(COCC#N)C2)cn1. The van der Waals surface area contributed by atoms with E-state index in [0.29, 0.717) is 6.61 Å². The van der Waals surface area contributed by atoms with Gasteiger partial charge >= 0.3 is 0 Å². The molecule has 28 heavy (non-hydrogen) atoms. The molecule has 3 rings (SSSR count). The van der Waals surface area contributed by atoms with Crippen molar-refractivity contribution >= 4 is 11.3 Å². The molecule has 1 aliphatic heterocycles. The smallest absolute Gasteiger partial charge is 0.176 e. The van der Waals surface area contributed by atoms with Gasteiger partial charge in [-0.15, -0.1) is 11.3 Å². The number of hydrogen-bond acceptors (Lipinski definition) is 5. The summed E-state index contributed by atoms with van der Waals surface area (Å²) >= 11 is 1.22. The summed E-state index contributed by atoms with van der Waals surface area (Å²) in [6.07, 6.45) is 4.74. The predicted octanol–water partition coefficient (Wildman–Crippen LogP) is 4.69. The molecule has 4 nitrogen and oxygen atoms in total. The normalized spacial score (nSPS) is 20.4. The summed E-state index contributed by atoms with van der Waals surface area (Å²) in [4.78, 5) is 8.03. The Kier molecular flexibility index (Phi) is 6.49. The quantitative estimate of drug-likeness (QED) is 0.602. The van der Waals surface area contributed by atoms with Crippen LogP contribution in [0.5, 0.6) is 0 Å². The van der Waals surface area contributed by atoms with Crippen molar-refractivity contribution in [2.75, 3.05) is 26.3 Å². The van der Waals surface area contributed by atoms with Crippen LogP contribution in [0.4, 0.5) is 4.39 Å². The number of halogens is 1. The zero-order chi connectivity index (χ0) is 20.2. The van der Waals surface area contributed by atoms with Gasteiger partial charge in [-0.1, -0.05) is 6.07 Å². The van der Waals surface area contributed by atoms with Crippen LogP contribution < -0.4 is 0 Å². The third kappa shape index (κ3) is 4.78. The molecule has 6 heteroatoms. The lowest BCUT2D eigenvalue weighted by Gasteiger charge is -2.38. The van der Waals surface area contributed by atoms with E-state index in [1.165, 1.54) is 23.0 Å². The minimum atomic E-state index is -0.133. The summed E-state index contributed by atoms with van der Waals surface area (Å²) in [7, 11) is 0. The molecule has 1 unspecified atom stereocenters. The first-order valence-corrected chi connectivity index (χ1v) is 10.5. The second kappa shape index (κ2) is 8.69. The molecule has 0 aliphatic carbocycles. The third-order valence-electron chi connectivity index (χ3n) is 5.95. The van der Waals surface area contributed by atoms with Crippen molar-refractivity contribution in [1.82, 2.24) is 9.88 Å². The molecular weight excluding hydrogens is 373 g/mol. The summed E-state index contributed by atoms with van der Waals surface area (Å²) < 4.78 is 19.0. The van der Waals surface area contributed by atoms with Crippen molar-refractivity contribution in [1.29, 1.82) is 5.26 Å². The van der Waals surface area contributed by atoms with Gasteiger partial charge in [-0.2, -0.15) is 9.65 Å². The summed E-state index contributed by atoms with van der Waals surface area (Å²) in [5, 5.41) is 8.72. The molecule has 1 atom stereocenters. The number of rotatable bonds is 8. The van der Waals surface area contributed by atoms with Crippen LogP contribution in [0, 0.1) is 28.8 Å². The van der Waals surface area contributed by atoms with Crippen LogP contribution in [0.2, 0.25) is 0 Å². The zero-order valence-electron chi connectivity index (χ0n) is 16.9. The van der Waals surface area contributed by atoms with Gasteiger partial charge in [0.2, 0.25) is 0 Å². The van der Waals surface area contributed by atoms with E-state index < -0.39 is 0 Å². The maximum absolute atomic E-state index is 13.3. The van der Waals surface area contributed by atoms with Gasteiger partial charge in [0.1, 0.15) is 6.61 Å². The number of pyridine rings is 1. The molecule has 0 bridgehead atoms. The molecule has 1 aliphatic rings. The van der Waals surface area contributed by atoms with Gasteiger partial charge in [0.15, 0.2) is 5.13 Å². The molecule has 1 fully saturated rings. The van der Waals surface area contributed by atoms with E-state index in [0.717, 1.165) is 42.9 Å². The molecule has 0 radical (unpaired) electrons. The molecular formula is C22H28FN3OS. The Morgan fingerprint density at radius 1 is 1.36 bits per heavy atom. The molecule has 3 heterocycles. The first kappa shape index (κ1) is 20.9. The highest BCUT2D eigenvalue weighted by molar-refractivity contribution is 7.10. The van der Waals surface area contributed by atoms with Gasteiger partial charge in [-0.05, 0) is 70.3 Å². The summed E-state index contributed by atoms with van der Waals surface area (Å²) in [6.45, 7) is 9.01. The average molecular weight is 402 g/mol. The largest absolute Gasteiger partial charge is 0.366 e. The minimum Gasteiger partial charge on any atom is -0.366 e. The monoisotopic (exact) mass is 401 g/mol. The fourth-order valence-electron chi connectivity index (χ4n) is 4.01. The van der Waals surface area contributed by atoms with Crippen molar-refractivity contribution in [3.8, 4) is 6.07 Å². The van der Waals surface area contributed by atoms with Crippen LogP contribution in [0.25, 0.3) is 0 Å². The standard InChI is InChI=1S/C22H28FN3OS/c1-17-4-5-18(14-25-17)21(2,3)26-12-10-22(15-26,16-27-13-11-24)9-8-19-6-7-20(23)28-19/h4-7,14H,8-10,12-13,15-16H2,1-3H3. The van der Waals surface area contributed by atoms with Crippen LogP contribution >= 0.6 is 11.3 Å². The number of aryl methyl sites for hydroxylation is 2. The number of likely N-dealkylation sites (tertiary alicyclic amines) is 1. The Bertz CT molecular complexity index is 827. The Morgan fingerprint density at radius 3 is 2.82 bits per heavy atom. The second-order valence-corrected chi connectivity index (χ2v) is 9.39. The maximum atomic E-state index is 13.3. The highest BCUT2D eigenvalue weighted by Crippen LogP contribution is 2.42. The molecule has 0 aromatic carbocycles. The van der Waals surface area contributed by atoms with Gasteiger partial charge in [0.25, 0.3) is 0 Å². The van der Waals surface area contributed by atoms with Crippen LogP contribution in [-0.2, 0) is 16.7 Å². The lowest BCUT2D eigenvalue weighted by molar-refractivity contribution is 0.0468. The highest BCUT2D eigenvalue weighted by atomic mass is 32.1. The van der Waals surface area contributed by atoms with Crippen LogP contribution in [0.1, 0.15) is 42.8 Å². The fraction of sp³-hybridized carbons (Fsp3) is 0.545. The molecule has 150 valence electrons. The van der Waals surface area contributed by atoms with Crippen molar-refractivity contribution in [3.05, 3.63) is 51.7 Å². The first-order valence-electron chi connectivity index (χ1n) is 9.72. The maximum Gasteiger partial charge on any atom is 0.176 e. The highest BCUT2D eigenvalue weighted by Gasteiger charge is 2.43. The van der Waals surface area contributed by atoms with Gasteiger partial charge in [-0.25, -0.2) is 0 Å². The minimum absolute atomic E-state index is 0.0211. The zero-order valence-corrected chi connectivity index (χ0v) is 17.7. The second-order valence-electron chi connectivity index (χ2n) is 8.28. The van der Waals surface area contributed by atoms with E-state index in [-0.39, 0.29) is 22.7 Å². The Balaban J connectivity index is 1.73. The molecule has 1 saturated heterocycles. The number of aromatic nitrogens is 1. The van der Waals surface area contributed by atoms with Crippen LogP contribution in [0.3, 0.4) is 0 Å². The van der Waals surface area contributed by atoms with E-state index in [4.69, 9.17) is 10.00 Å². The molecule has 2 aromatic heterocycles. The van der Waals surface area contributed by atoms with E-state index in [1.807, 2.05) is 19.2 Å². The number of ether oxygens (including phenoxy) is 1. The molecule has 0 amide bonds. The topological polar surface area (TPSA) is 49.1 Å². The van der Waals surface area contributed by atoms with E-state index in [2.05, 4.69) is 41.9 Å². The number of nitrogens with zero attached hydrogens (tertiary/aromatic N) is 3. The van der Waals surface area contributed by atoms with Crippen molar-refractivity contribution in [3.63, 3.8) is 0 Å². The van der Waals surface area contributed by atoms with Crippen LogP contribution in [0.15, 0.2) is 30.5 Å². The van der Waals surface area contributed by atoms with Gasteiger partial charge in [-0.3, -0.25) is 9.88 Å². The first-order chi connectivity index (χ1) is 13.3. The molecule has 0 saturated carbocycles. The van der Waals surface area contributed by atoms with E-state index in [1.54, 1.807) is 0 Å². The predicted molar refractivity (Wildman–Crippen MR) is 110 cm³/mol. The van der Waals surface area contributed by atoms with E-state index in [9.17, 15) is 4.39 Å². The number of nitriles is 1. The third-order valence-corrected chi connectivity index (χ3v) is 6.89. The lowest BCUT2D eigenvalue weighted by atomic mass is 9.82. The van der Waals surface area contributed by atoms with Crippen molar-refractivity contribution in [2.45, 2.75) is 45.6 Å². The lowest BCUT2D eigenvalue weighted by Crippen LogP contribution is -2.42. The van der Waals surface area contributed by atoms with Crippen LogP contribution in [-0.4, -0.2) is 36.2 Å². The van der Waals surface area contributed by atoms with Crippen molar-refractivity contribution in [2.24, 2.45) is 5.41 Å². The van der Waals surface area contributed by atoms with Gasteiger partial charge in [0.05, 0.1) is 12.7 Å². The summed E-state index contributed by atoms with van der Waals surface area (Å²) in [6, 6.07) is 9.69. The molecule has 0 spiro atoms. The molecule has 0 N–H and O–H groups in total. The van der Waals surface area contributed by atoms with Gasteiger partial charge < -0.3 is 4.74 Å². The molecule has 2 aromatic rings. The Hall–Kier alpha value is -1.81. The van der Waals surface area contributed by atoms with Crippen molar-refractivity contribution < 1.29 is 9.13 Å². The fourth-order valence-corrected chi connectivity index (χ4v) is 4.73. The summed E-state index contributed by atoms with van der Waals surface area (Å²) in [5.74, 6) is 0. The summed E-state index contributed by atoms with van der Waals surface area (Å²) in [5.41, 5.74) is 2.06. The number of hydrogen-bond donors (Lipinski definition) is 0. The Morgan fingerprint density at radius 2 is 2.18 bits per heavy atom.